The number of nitrogens with zero attached hydrogens (tertiary/aromatic N) is 3. The Morgan fingerprint density at radius 1 is 1.54 bits per heavy atom. The summed E-state index contributed by atoms with van der Waals surface area (Å²) in [4.78, 5) is 21.6. The van der Waals surface area contributed by atoms with Crippen LogP contribution >= 0.6 is 22.9 Å². The fraction of sp³-hybridized carbons (Fsp3) is 0.308. The summed E-state index contributed by atoms with van der Waals surface area (Å²) < 4.78 is 15.7. The van der Waals surface area contributed by atoms with Crippen molar-refractivity contribution in [2.75, 3.05) is 6.61 Å². The Morgan fingerprint density at radius 3 is 2.96 bits per heavy atom. The van der Waals surface area contributed by atoms with Crippen molar-refractivity contribution in [3.05, 3.63) is 32.8 Å². The first-order chi connectivity index (χ1) is 12.4. The van der Waals surface area contributed by atoms with Gasteiger partial charge >= 0.3 is 23.4 Å². The van der Waals surface area contributed by atoms with E-state index in [0.717, 1.165) is 0 Å². The Bertz CT molecular complexity index is 864. The highest BCUT2D eigenvalue weighted by Crippen LogP contribution is 2.37. The maximum absolute atomic E-state index is 11.7. The zero-order chi connectivity index (χ0) is 18.8. The first-order valence-electron chi connectivity index (χ1n) is 7.37. The number of ether oxygens (including phenoxy) is 2. The average Bonchev–Trinajstić information content (AvgIpc) is 3.13. The smallest absolute Gasteiger partial charge is 0.466 e. The van der Waals surface area contributed by atoms with E-state index in [1.54, 1.807) is 6.92 Å². The van der Waals surface area contributed by atoms with Gasteiger partial charge in [-0.3, -0.25) is 4.79 Å². The summed E-state index contributed by atoms with van der Waals surface area (Å²) in [6.45, 7) is 1.92. The van der Waals surface area contributed by atoms with Crippen molar-refractivity contribution >= 4 is 46.6 Å². The molecule has 1 aromatic carbocycles. The number of hydrogen-bond donors (Lipinski definition) is 1. The highest BCUT2D eigenvalue weighted by molar-refractivity contribution is 7.16. The zero-order valence-electron chi connectivity index (χ0n) is 13.2. The molecule has 0 radical (unpaired) electrons. The van der Waals surface area contributed by atoms with Crippen LogP contribution in [0.1, 0.15) is 25.0 Å². The van der Waals surface area contributed by atoms with Gasteiger partial charge in [-0.15, -0.1) is 0 Å². The number of hydrogen-bond acceptors (Lipinski definition) is 10. The van der Waals surface area contributed by atoms with Crippen LogP contribution in [0.15, 0.2) is 12.1 Å². The summed E-state index contributed by atoms with van der Waals surface area (Å²) in [5.41, 5.74) is 0.795. The molecule has 1 N–H and O–H groups in total. The molecule has 1 aliphatic heterocycles. The SMILES string of the molecule is CCOC(=O)CC1OB(O)c2cc(Oc3nnc([N+](=O)[O-])s3)cc(Cl)c21. The molecule has 136 valence electrons. The first-order valence-corrected chi connectivity index (χ1v) is 8.56. The lowest BCUT2D eigenvalue weighted by atomic mass is 9.79. The van der Waals surface area contributed by atoms with Gasteiger partial charge in [0.15, 0.2) is 0 Å². The van der Waals surface area contributed by atoms with Gasteiger partial charge in [-0.25, -0.2) is 0 Å². The maximum atomic E-state index is 11.7. The minimum atomic E-state index is -1.30. The van der Waals surface area contributed by atoms with Crippen molar-refractivity contribution in [1.29, 1.82) is 0 Å². The minimum absolute atomic E-state index is 0.0517. The van der Waals surface area contributed by atoms with Gasteiger partial charge in [0.1, 0.15) is 10.8 Å². The number of halogens is 1. The number of esters is 1. The van der Waals surface area contributed by atoms with E-state index in [1.165, 1.54) is 12.1 Å². The molecule has 13 heteroatoms. The summed E-state index contributed by atoms with van der Waals surface area (Å²) in [6, 6.07) is 2.90. The van der Waals surface area contributed by atoms with Crippen LogP contribution in [0.5, 0.6) is 10.9 Å². The number of benzene rings is 1. The van der Waals surface area contributed by atoms with Crippen molar-refractivity contribution in [2.45, 2.75) is 19.4 Å². The summed E-state index contributed by atoms with van der Waals surface area (Å²) in [7, 11) is -1.30. The fourth-order valence-corrected chi connectivity index (χ4v) is 3.32. The Hall–Kier alpha value is -2.28. The summed E-state index contributed by atoms with van der Waals surface area (Å²) in [5.74, 6) is -0.283. The van der Waals surface area contributed by atoms with Crippen LogP contribution in [0.25, 0.3) is 0 Å². The van der Waals surface area contributed by atoms with Crippen molar-refractivity contribution in [3.63, 3.8) is 0 Å². The molecule has 1 unspecified atom stereocenters. The molecular weight excluding hydrogens is 388 g/mol. The van der Waals surface area contributed by atoms with E-state index in [1.807, 2.05) is 0 Å². The van der Waals surface area contributed by atoms with Gasteiger partial charge in [0, 0.05) is 21.5 Å². The standard InChI is InChI=1S/C13H11BClN3O7S/c1-2-23-10(19)5-9-11-7(14(20)25-9)3-6(4-8(11)15)24-13-17-16-12(26-13)18(21)22/h3-4,9,20H,2,5H2,1H3. The normalized spacial score (nSPS) is 15.7. The van der Waals surface area contributed by atoms with Crippen LogP contribution in [-0.2, 0) is 14.2 Å². The van der Waals surface area contributed by atoms with Crippen LogP contribution in [0, 0.1) is 10.1 Å². The van der Waals surface area contributed by atoms with Gasteiger partial charge in [0.2, 0.25) is 0 Å². The van der Waals surface area contributed by atoms with Crippen LogP contribution < -0.4 is 10.2 Å². The van der Waals surface area contributed by atoms with E-state index in [4.69, 9.17) is 25.7 Å². The van der Waals surface area contributed by atoms with Crippen molar-refractivity contribution in [2.24, 2.45) is 0 Å². The lowest BCUT2D eigenvalue weighted by Gasteiger charge is -2.13. The highest BCUT2D eigenvalue weighted by Gasteiger charge is 2.39. The number of carbonyl (C=O) groups excluding carboxylic acids is 1. The molecule has 26 heavy (non-hydrogen) atoms. The molecule has 2 heterocycles. The van der Waals surface area contributed by atoms with Gasteiger partial charge in [0.25, 0.3) is 0 Å². The molecule has 1 aliphatic rings. The third-order valence-electron chi connectivity index (χ3n) is 3.43. The third kappa shape index (κ3) is 3.77. The largest absolute Gasteiger partial charge is 0.492 e. The monoisotopic (exact) mass is 399 g/mol. The Balaban J connectivity index is 1.83. The number of aromatic nitrogens is 2. The van der Waals surface area contributed by atoms with Gasteiger partial charge in [-0.2, -0.15) is 0 Å². The average molecular weight is 400 g/mol. The van der Waals surface area contributed by atoms with Gasteiger partial charge in [-0.1, -0.05) is 11.6 Å². The predicted molar refractivity (Wildman–Crippen MR) is 90.8 cm³/mol. The van der Waals surface area contributed by atoms with E-state index in [0.29, 0.717) is 22.4 Å². The lowest BCUT2D eigenvalue weighted by Crippen LogP contribution is -2.28. The molecule has 1 aromatic heterocycles. The Labute approximate surface area is 156 Å². The quantitative estimate of drug-likeness (QED) is 0.332. The second-order valence-corrected chi connectivity index (χ2v) is 6.43. The second kappa shape index (κ2) is 7.54. The molecular formula is C13H11BClN3O7S. The molecule has 1 atom stereocenters. The Morgan fingerprint density at radius 2 is 2.31 bits per heavy atom. The topological polar surface area (TPSA) is 134 Å². The van der Waals surface area contributed by atoms with Crippen molar-refractivity contribution in [3.8, 4) is 10.9 Å². The van der Waals surface area contributed by atoms with Crippen molar-refractivity contribution in [1.82, 2.24) is 10.2 Å². The van der Waals surface area contributed by atoms with Gasteiger partial charge in [-0.05, 0) is 35.0 Å². The molecule has 0 saturated heterocycles. The van der Waals surface area contributed by atoms with Gasteiger partial charge < -0.3 is 29.3 Å². The molecule has 0 saturated carbocycles. The van der Waals surface area contributed by atoms with E-state index in [-0.39, 0.29) is 29.0 Å². The summed E-state index contributed by atoms with van der Waals surface area (Å²) in [6.07, 6.45) is -0.844. The minimum Gasteiger partial charge on any atom is -0.466 e. The molecule has 0 amide bonds. The summed E-state index contributed by atoms with van der Waals surface area (Å²) in [5, 5.41) is 27.4. The van der Waals surface area contributed by atoms with Crippen LogP contribution in [0.4, 0.5) is 5.13 Å². The van der Waals surface area contributed by atoms with Crippen LogP contribution in [0.3, 0.4) is 0 Å². The lowest BCUT2D eigenvalue weighted by molar-refractivity contribution is -0.385. The molecule has 2 aromatic rings. The highest BCUT2D eigenvalue weighted by atomic mass is 35.5. The molecule has 0 aliphatic carbocycles. The number of nitro groups is 1. The molecule has 0 fully saturated rings. The van der Waals surface area contributed by atoms with E-state index in [2.05, 4.69) is 10.2 Å². The molecule has 3 rings (SSSR count). The van der Waals surface area contributed by atoms with Crippen LogP contribution in [-0.4, -0.2) is 39.8 Å². The molecule has 10 nitrogen and oxygen atoms in total. The predicted octanol–water partition coefficient (Wildman–Crippen LogP) is 1.60. The summed E-state index contributed by atoms with van der Waals surface area (Å²) >= 11 is 6.90. The van der Waals surface area contributed by atoms with E-state index >= 15 is 0 Å². The Kier molecular flexibility index (Phi) is 5.37. The number of rotatable bonds is 6. The second-order valence-electron chi connectivity index (χ2n) is 5.10. The molecule has 0 bridgehead atoms. The van der Waals surface area contributed by atoms with E-state index < -0.39 is 29.2 Å². The fourth-order valence-electron chi connectivity index (χ4n) is 2.45. The van der Waals surface area contributed by atoms with Gasteiger partial charge in [0.05, 0.1) is 19.1 Å². The maximum Gasteiger partial charge on any atom is 0.492 e. The van der Waals surface area contributed by atoms with Crippen LogP contribution in [0.2, 0.25) is 5.02 Å². The first kappa shape index (κ1) is 18.5. The zero-order valence-corrected chi connectivity index (χ0v) is 14.8. The van der Waals surface area contributed by atoms with Crippen molar-refractivity contribution < 1.29 is 28.9 Å². The molecule has 0 spiro atoms. The third-order valence-corrected chi connectivity index (χ3v) is 4.50. The number of fused-ring (bicyclic) bond motifs is 1. The van der Waals surface area contributed by atoms with E-state index in [9.17, 15) is 19.9 Å². The number of carbonyl (C=O) groups is 1.